The maximum Gasteiger partial charge on any atom is 0.211 e. The van der Waals surface area contributed by atoms with Crippen LogP contribution in [-0.4, -0.2) is 11.4 Å². The van der Waals surface area contributed by atoms with Gasteiger partial charge in [0, 0.05) is 23.0 Å². The highest BCUT2D eigenvalue weighted by Crippen LogP contribution is 2.21. The molecule has 0 spiro atoms. The van der Waals surface area contributed by atoms with Gasteiger partial charge in [0.15, 0.2) is 0 Å². The molecule has 0 saturated carbocycles. The van der Waals surface area contributed by atoms with Crippen LogP contribution < -0.4 is 11.1 Å². The van der Waals surface area contributed by atoms with E-state index in [-0.39, 0.29) is 0 Å². The molecule has 0 aliphatic carbocycles. The molecule has 70 valence electrons. The second-order valence-electron chi connectivity index (χ2n) is 2.89. The molecule has 1 aromatic heterocycles. The number of aromatic nitrogens is 1. The Kier molecular flexibility index (Phi) is 2.02. The smallest absolute Gasteiger partial charge is 0.211 e. The van der Waals surface area contributed by atoms with Gasteiger partial charge < -0.3 is 11.1 Å². The van der Waals surface area contributed by atoms with E-state index in [1.54, 1.807) is 24.4 Å². The molecule has 1 heterocycles. The number of hydrogen-bond acceptors (Lipinski definition) is 3. The summed E-state index contributed by atoms with van der Waals surface area (Å²) in [5.74, 6) is 0. The van der Waals surface area contributed by atoms with Crippen molar-refractivity contribution in [1.82, 2.24) is 4.98 Å². The third-order valence-corrected chi connectivity index (χ3v) is 2.00. The molecule has 2 rings (SSSR count). The van der Waals surface area contributed by atoms with E-state index in [9.17, 15) is 4.79 Å². The lowest BCUT2D eigenvalue weighted by molar-refractivity contribution is -0.105. The lowest BCUT2D eigenvalue weighted by Crippen LogP contribution is -1.94. The molecule has 0 unspecified atom stereocenters. The summed E-state index contributed by atoms with van der Waals surface area (Å²) in [7, 11) is 0. The average Bonchev–Trinajstić information content (AvgIpc) is 2.20. The first-order chi connectivity index (χ1) is 6.81. The molecule has 0 fully saturated rings. The number of carbonyl (C=O) groups is 1. The van der Waals surface area contributed by atoms with E-state index in [0.29, 0.717) is 17.8 Å². The number of hydrogen-bond donors (Lipinski definition) is 2. The van der Waals surface area contributed by atoms with Crippen LogP contribution in [0.1, 0.15) is 0 Å². The minimum atomic E-state index is 0.633. The summed E-state index contributed by atoms with van der Waals surface area (Å²) in [4.78, 5) is 14.4. The predicted octanol–water partition coefficient (Wildman–Crippen LogP) is 1.39. The van der Waals surface area contributed by atoms with Gasteiger partial charge in [-0.15, -0.1) is 0 Å². The molecule has 4 nitrogen and oxygen atoms in total. The Balaban J connectivity index is 2.63. The van der Waals surface area contributed by atoms with Crippen LogP contribution in [0.25, 0.3) is 10.9 Å². The molecule has 0 aliphatic heterocycles. The Labute approximate surface area is 80.7 Å². The second kappa shape index (κ2) is 3.33. The number of carbonyl (C=O) groups excluding carboxylic acids is 1. The summed E-state index contributed by atoms with van der Waals surface area (Å²) >= 11 is 0. The van der Waals surface area contributed by atoms with Crippen LogP contribution in [0.4, 0.5) is 11.4 Å². The normalized spacial score (nSPS) is 10.0. The molecular formula is C10H9N3O. The molecule has 1 aromatic carbocycles. The Hall–Kier alpha value is -2.10. The van der Waals surface area contributed by atoms with Crippen LogP contribution in [0.5, 0.6) is 0 Å². The Morgan fingerprint density at radius 2 is 2.21 bits per heavy atom. The first kappa shape index (κ1) is 8.50. The number of fused-ring (bicyclic) bond motifs is 1. The Morgan fingerprint density at radius 1 is 1.36 bits per heavy atom. The van der Waals surface area contributed by atoms with Crippen molar-refractivity contribution in [2.45, 2.75) is 0 Å². The maximum absolute atomic E-state index is 10.2. The van der Waals surface area contributed by atoms with Gasteiger partial charge in [-0.25, -0.2) is 0 Å². The van der Waals surface area contributed by atoms with Gasteiger partial charge in [-0.1, -0.05) is 0 Å². The fourth-order valence-electron chi connectivity index (χ4n) is 1.33. The van der Waals surface area contributed by atoms with Crippen molar-refractivity contribution >= 4 is 28.7 Å². The minimum Gasteiger partial charge on any atom is -0.398 e. The van der Waals surface area contributed by atoms with Crippen LogP contribution in [0, 0.1) is 0 Å². The first-order valence-electron chi connectivity index (χ1n) is 4.15. The number of amides is 1. The summed E-state index contributed by atoms with van der Waals surface area (Å²) in [5, 5.41) is 3.41. The van der Waals surface area contributed by atoms with Crippen LogP contribution >= 0.6 is 0 Å². The van der Waals surface area contributed by atoms with Crippen molar-refractivity contribution in [2.75, 3.05) is 11.1 Å². The van der Waals surface area contributed by atoms with Gasteiger partial charge in [-0.2, -0.15) is 0 Å². The molecule has 0 aliphatic rings. The van der Waals surface area contributed by atoms with Crippen LogP contribution in [0.15, 0.2) is 30.5 Å². The predicted molar refractivity (Wildman–Crippen MR) is 55.8 cm³/mol. The maximum atomic E-state index is 10.2. The Bertz CT molecular complexity index is 482. The highest BCUT2D eigenvalue weighted by molar-refractivity contribution is 5.93. The van der Waals surface area contributed by atoms with E-state index >= 15 is 0 Å². The van der Waals surface area contributed by atoms with Gasteiger partial charge >= 0.3 is 0 Å². The molecule has 4 heteroatoms. The van der Waals surface area contributed by atoms with Crippen molar-refractivity contribution in [3.63, 3.8) is 0 Å². The topological polar surface area (TPSA) is 68.0 Å². The number of benzene rings is 1. The third-order valence-electron chi connectivity index (χ3n) is 2.00. The third kappa shape index (κ3) is 1.37. The van der Waals surface area contributed by atoms with E-state index in [0.717, 1.165) is 10.9 Å². The van der Waals surface area contributed by atoms with Gasteiger partial charge in [0.05, 0.1) is 5.52 Å². The van der Waals surface area contributed by atoms with Crippen LogP contribution in [0.2, 0.25) is 0 Å². The van der Waals surface area contributed by atoms with Crippen molar-refractivity contribution in [1.29, 1.82) is 0 Å². The highest BCUT2D eigenvalue weighted by Gasteiger charge is 1.99. The molecule has 2 aromatic rings. The van der Waals surface area contributed by atoms with E-state index in [4.69, 9.17) is 5.73 Å². The van der Waals surface area contributed by atoms with E-state index < -0.39 is 0 Å². The second-order valence-corrected chi connectivity index (χ2v) is 2.89. The van der Waals surface area contributed by atoms with Crippen molar-refractivity contribution < 1.29 is 4.79 Å². The molecule has 0 saturated heterocycles. The van der Waals surface area contributed by atoms with Gasteiger partial charge in [0.25, 0.3) is 0 Å². The number of pyridine rings is 1. The summed E-state index contributed by atoms with van der Waals surface area (Å²) in [6.45, 7) is 0. The monoisotopic (exact) mass is 187 g/mol. The van der Waals surface area contributed by atoms with Gasteiger partial charge in [0.1, 0.15) is 0 Å². The average molecular weight is 187 g/mol. The number of nitrogens with one attached hydrogen (secondary N) is 1. The van der Waals surface area contributed by atoms with Crippen LogP contribution in [-0.2, 0) is 4.79 Å². The standard InChI is InChI=1S/C10H9N3O/c11-9-3-4-12-10-2-1-7(13-6-14)5-8(9)10/h1-6H,(H2,11,12)(H,13,14). The molecular weight excluding hydrogens is 178 g/mol. The largest absolute Gasteiger partial charge is 0.398 e. The molecule has 0 atom stereocenters. The zero-order valence-electron chi connectivity index (χ0n) is 7.40. The molecule has 0 bridgehead atoms. The number of nitrogens with zero attached hydrogens (tertiary/aromatic N) is 1. The lowest BCUT2D eigenvalue weighted by atomic mass is 10.1. The van der Waals surface area contributed by atoms with Crippen LogP contribution in [0.3, 0.4) is 0 Å². The summed E-state index contributed by atoms with van der Waals surface area (Å²) < 4.78 is 0. The molecule has 14 heavy (non-hydrogen) atoms. The first-order valence-corrected chi connectivity index (χ1v) is 4.15. The fourth-order valence-corrected chi connectivity index (χ4v) is 1.33. The number of anilines is 2. The van der Waals surface area contributed by atoms with Crippen molar-refractivity contribution in [3.05, 3.63) is 30.5 Å². The SMILES string of the molecule is Nc1ccnc2ccc(NC=O)cc12. The van der Waals surface area contributed by atoms with Gasteiger partial charge in [-0.3, -0.25) is 9.78 Å². The molecule has 1 amide bonds. The summed E-state index contributed by atoms with van der Waals surface area (Å²) in [6, 6.07) is 7.12. The van der Waals surface area contributed by atoms with Crippen molar-refractivity contribution in [2.24, 2.45) is 0 Å². The minimum absolute atomic E-state index is 0.633. The summed E-state index contributed by atoms with van der Waals surface area (Å²) in [6.07, 6.45) is 2.29. The molecule has 3 N–H and O–H groups in total. The van der Waals surface area contributed by atoms with E-state index in [2.05, 4.69) is 10.3 Å². The lowest BCUT2D eigenvalue weighted by Gasteiger charge is -2.03. The zero-order valence-corrected chi connectivity index (χ0v) is 7.40. The van der Waals surface area contributed by atoms with E-state index in [1.165, 1.54) is 0 Å². The van der Waals surface area contributed by atoms with Gasteiger partial charge in [0.2, 0.25) is 6.41 Å². The highest BCUT2D eigenvalue weighted by atomic mass is 16.1. The molecule has 0 radical (unpaired) electrons. The summed E-state index contributed by atoms with van der Waals surface area (Å²) in [5.41, 5.74) is 7.96. The Morgan fingerprint density at radius 3 is 3.00 bits per heavy atom. The zero-order chi connectivity index (χ0) is 9.97. The fraction of sp³-hybridized carbons (Fsp3) is 0. The van der Waals surface area contributed by atoms with Gasteiger partial charge in [-0.05, 0) is 24.3 Å². The number of nitrogens with two attached hydrogens (primary N) is 1. The van der Waals surface area contributed by atoms with E-state index in [1.807, 2.05) is 6.07 Å². The van der Waals surface area contributed by atoms with Crippen molar-refractivity contribution in [3.8, 4) is 0 Å². The quantitative estimate of drug-likeness (QED) is 0.698. The number of rotatable bonds is 2. The number of nitrogen functional groups attached to an aromatic ring is 1.